The van der Waals surface area contributed by atoms with Crippen molar-refractivity contribution in [2.75, 3.05) is 13.1 Å². The lowest BCUT2D eigenvalue weighted by Crippen LogP contribution is -2.31. The van der Waals surface area contributed by atoms with Crippen LogP contribution in [0.5, 0.6) is 0 Å². The average Bonchev–Trinajstić information content (AvgIpc) is 2.96. The van der Waals surface area contributed by atoms with Crippen LogP contribution in [0.25, 0.3) is 17.7 Å². The van der Waals surface area contributed by atoms with Crippen molar-refractivity contribution in [2.24, 2.45) is 0 Å². The Bertz CT molecular complexity index is 1140. The van der Waals surface area contributed by atoms with Gasteiger partial charge in [-0.05, 0) is 52.3 Å². The molecular weight excluding hydrogens is 407 g/mol. The minimum atomic E-state index is -4.32. The Morgan fingerprint density at radius 2 is 1.22 bits per heavy atom. The SMILES string of the molecule is FC(F)(F)c1ccccc1CN1CCC(=C2c3ccccc3C=Cc3ccccc32)CC1. The predicted octanol–water partition coefficient (Wildman–Crippen LogP) is 7.29. The molecule has 4 heteroatoms. The summed E-state index contributed by atoms with van der Waals surface area (Å²) in [4.78, 5) is 2.14. The third-order valence-corrected chi connectivity index (χ3v) is 6.43. The van der Waals surface area contributed by atoms with Crippen molar-refractivity contribution in [1.29, 1.82) is 0 Å². The molecule has 0 unspecified atom stereocenters. The number of fused-ring (bicyclic) bond motifs is 2. The highest BCUT2D eigenvalue weighted by atomic mass is 19.4. The van der Waals surface area contributed by atoms with Gasteiger partial charge in [-0.25, -0.2) is 0 Å². The quantitative estimate of drug-likeness (QED) is 0.322. The number of likely N-dealkylation sites (tertiary alicyclic amines) is 1. The van der Waals surface area contributed by atoms with Crippen molar-refractivity contribution < 1.29 is 13.2 Å². The predicted molar refractivity (Wildman–Crippen MR) is 124 cm³/mol. The molecule has 0 aromatic heterocycles. The minimum Gasteiger partial charge on any atom is -0.298 e. The summed E-state index contributed by atoms with van der Waals surface area (Å²) in [5.41, 5.74) is 7.37. The molecule has 0 amide bonds. The van der Waals surface area contributed by atoms with E-state index in [0.29, 0.717) is 12.1 Å². The Hall–Kier alpha value is -3.11. The Morgan fingerprint density at radius 3 is 1.81 bits per heavy atom. The molecule has 3 aromatic carbocycles. The summed E-state index contributed by atoms with van der Waals surface area (Å²) in [6, 6.07) is 22.8. The summed E-state index contributed by atoms with van der Waals surface area (Å²) < 4.78 is 40.2. The second kappa shape index (κ2) is 8.44. The standard InChI is InChI=1S/C28H24F3N/c29-28(30,31)26-12-6-3-9-23(26)19-32-17-15-22(16-18-32)27-24-10-4-1-7-20(24)13-14-21-8-2-5-11-25(21)27/h1-14H,15-19H2. The molecule has 2 aliphatic rings. The van der Waals surface area contributed by atoms with Gasteiger partial charge in [0.25, 0.3) is 0 Å². The highest BCUT2D eigenvalue weighted by Crippen LogP contribution is 2.39. The molecule has 0 radical (unpaired) electrons. The summed E-state index contributed by atoms with van der Waals surface area (Å²) in [5, 5.41) is 0. The normalized spacial score (nSPS) is 16.5. The number of alkyl halides is 3. The van der Waals surface area contributed by atoms with Crippen LogP contribution in [0, 0.1) is 0 Å². The highest BCUT2D eigenvalue weighted by molar-refractivity contribution is 5.94. The number of hydrogen-bond donors (Lipinski definition) is 0. The zero-order valence-corrected chi connectivity index (χ0v) is 17.7. The lowest BCUT2D eigenvalue weighted by molar-refractivity contribution is -0.138. The molecule has 1 saturated heterocycles. The van der Waals surface area contributed by atoms with E-state index in [2.05, 4.69) is 65.6 Å². The Morgan fingerprint density at radius 1 is 0.688 bits per heavy atom. The average molecular weight is 432 g/mol. The molecule has 1 nitrogen and oxygen atoms in total. The number of benzene rings is 3. The lowest BCUT2D eigenvalue weighted by Gasteiger charge is -2.31. The first-order chi connectivity index (χ1) is 15.5. The highest BCUT2D eigenvalue weighted by Gasteiger charge is 2.33. The van der Waals surface area contributed by atoms with Crippen LogP contribution in [-0.4, -0.2) is 18.0 Å². The summed E-state index contributed by atoms with van der Waals surface area (Å²) >= 11 is 0. The molecule has 1 aliphatic carbocycles. The monoisotopic (exact) mass is 431 g/mol. The molecule has 0 N–H and O–H groups in total. The number of nitrogens with zero attached hydrogens (tertiary/aromatic N) is 1. The second-order valence-electron chi connectivity index (χ2n) is 8.42. The van der Waals surface area contributed by atoms with Crippen LogP contribution in [0.4, 0.5) is 13.2 Å². The summed E-state index contributed by atoms with van der Waals surface area (Å²) in [6.07, 6.45) is 1.73. The number of piperidine rings is 1. The fourth-order valence-electron chi connectivity index (χ4n) is 4.85. The van der Waals surface area contributed by atoms with Gasteiger partial charge in [0.1, 0.15) is 0 Å². The third-order valence-electron chi connectivity index (χ3n) is 6.43. The summed E-state index contributed by atoms with van der Waals surface area (Å²) in [5.74, 6) is 0. The van der Waals surface area contributed by atoms with Gasteiger partial charge in [-0.3, -0.25) is 4.90 Å². The van der Waals surface area contributed by atoms with Gasteiger partial charge >= 0.3 is 6.18 Å². The van der Waals surface area contributed by atoms with E-state index in [1.807, 2.05) is 0 Å². The molecule has 1 heterocycles. The van der Waals surface area contributed by atoms with E-state index in [4.69, 9.17) is 0 Å². The van der Waals surface area contributed by atoms with Gasteiger partial charge in [0.05, 0.1) is 5.56 Å². The number of halogens is 3. The van der Waals surface area contributed by atoms with Crippen LogP contribution in [0.3, 0.4) is 0 Å². The Kier molecular flexibility index (Phi) is 5.48. The van der Waals surface area contributed by atoms with E-state index in [1.165, 1.54) is 45.5 Å². The topological polar surface area (TPSA) is 3.24 Å². The van der Waals surface area contributed by atoms with Crippen LogP contribution >= 0.6 is 0 Å². The second-order valence-corrected chi connectivity index (χ2v) is 8.42. The molecule has 3 aromatic rings. The first-order valence-corrected chi connectivity index (χ1v) is 11.0. The van der Waals surface area contributed by atoms with Gasteiger partial charge < -0.3 is 0 Å². The fraction of sp³-hybridized carbons (Fsp3) is 0.214. The number of hydrogen-bond acceptors (Lipinski definition) is 1. The van der Waals surface area contributed by atoms with E-state index in [0.717, 1.165) is 25.9 Å². The van der Waals surface area contributed by atoms with Crippen molar-refractivity contribution in [3.05, 3.63) is 112 Å². The van der Waals surface area contributed by atoms with Crippen molar-refractivity contribution in [1.82, 2.24) is 4.90 Å². The maximum absolute atomic E-state index is 13.4. The minimum absolute atomic E-state index is 0.326. The van der Waals surface area contributed by atoms with Crippen molar-refractivity contribution in [2.45, 2.75) is 25.6 Å². The van der Waals surface area contributed by atoms with Gasteiger partial charge in [0, 0.05) is 19.6 Å². The van der Waals surface area contributed by atoms with Gasteiger partial charge in [-0.2, -0.15) is 13.2 Å². The lowest BCUT2D eigenvalue weighted by atomic mass is 9.86. The van der Waals surface area contributed by atoms with E-state index < -0.39 is 11.7 Å². The Balaban J connectivity index is 1.45. The van der Waals surface area contributed by atoms with Crippen LogP contribution in [0.15, 0.2) is 78.4 Å². The van der Waals surface area contributed by atoms with Crippen LogP contribution < -0.4 is 0 Å². The molecule has 162 valence electrons. The zero-order chi connectivity index (χ0) is 22.1. The molecule has 0 spiro atoms. The van der Waals surface area contributed by atoms with E-state index in [9.17, 15) is 13.2 Å². The maximum Gasteiger partial charge on any atom is 0.416 e. The first-order valence-electron chi connectivity index (χ1n) is 11.0. The largest absolute Gasteiger partial charge is 0.416 e. The molecule has 32 heavy (non-hydrogen) atoms. The maximum atomic E-state index is 13.4. The van der Waals surface area contributed by atoms with Gasteiger partial charge in [0.15, 0.2) is 0 Å². The molecule has 0 atom stereocenters. The van der Waals surface area contributed by atoms with Crippen molar-refractivity contribution >= 4 is 17.7 Å². The fourth-order valence-corrected chi connectivity index (χ4v) is 4.85. The summed E-state index contributed by atoms with van der Waals surface area (Å²) in [6.45, 7) is 1.83. The van der Waals surface area contributed by atoms with Crippen molar-refractivity contribution in [3.8, 4) is 0 Å². The first kappa shape index (κ1) is 20.8. The molecule has 1 aliphatic heterocycles. The van der Waals surface area contributed by atoms with Crippen LogP contribution in [-0.2, 0) is 12.7 Å². The molecule has 0 bridgehead atoms. The van der Waals surface area contributed by atoms with E-state index in [1.54, 1.807) is 12.1 Å². The zero-order valence-electron chi connectivity index (χ0n) is 17.7. The van der Waals surface area contributed by atoms with Gasteiger partial charge in [0.2, 0.25) is 0 Å². The molecule has 0 saturated carbocycles. The van der Waals surface area contributed by atoms with Crippen molar-refractivity contribution in [3.63, 3.8) is 0 Å². The molecular formula is C28H24F3N. The van der Waals surface area contributed by atoms with Crippen LogP contribution in [0.1, 0.15) is 46.2 Å². The smallest absolute Gasteiger partial charge is 0.298 e. The molecule has 1 fully saturated rings. The van der Waals surface area contributed by atoms with E-state index in [-0.39, 0.29) is 0 Å². The molecule has 5 rings (SSSR count). The number of rotatable bonds is 2. The third kappa shape index (κ3) is 4.03. The van der Waals surface area contributed by atoms with Gasteiger partial charge in [-0.15, -0.1) is 0 Å². The van der Waals surface area contributed by atoms with Crippen LogP contribution in [0.2, 0.25) is 0 Å². The van der Waals surface area contributed by atoms with Gasteiger partial charge in [-0.1, -0.05) is 84.5 Å². The summed E-state index contributed by atoms with van der Waals surface area (Å²) in [7, 11) is 0. The van der Waals surface area contributed by atoms with E-state index >= 15 is 0 Å². The Labute approximate surface area is 186 Å².